The number of nitrogens with one attached hydrogen (secondary N) is 2. The number of hydrogen-bond donors (Lipinski definition) is 3. The summed E-state index contributed by atoms with van der Waals surface area (Å²) >= 11 is 0. The molecule has 0 spiro atoms. The van der Waals surface area contributed by atoms with E-state index in [9.17, 15) is 13.5 Å². The van der Waals surface area contributed by atoms with Crippen molar-refractivity contribution in [3.63, 3.8) is 0 Å². The molecule has 228 valence electrons. The van der Waals surface area contributed by atoms with E-state index >= 15 is 0 Å². The van der Waals surface area contributed by atoms with Crippen molar-refractivity contribution >= 4 is 27.3 Å². The van der Waals surface area contributed by atoms with Gasteiger partial charge in [-0.25, -0.2) is 23.4 Å². The molecule has 0 atom stereocenters. The fourth-order valence-electron chi connectivity index (χ4n) is 5.51. The Morgan fingerprint density at radius 3 is 2.68 bits per heavy atom. The summed E-state index contributed by atoms with van der Waals surface area (Å²) in [4.78, 5) is 15.9. The minimum Gasteiger partial charge on any atom is -0.396 e. The summed E-state index contributed by atoms with van der Waals surface area (Å²) in [6.45, 7) is 6.32. The molecule has 13 nitrogen and oxygen atoms in total. The normalized spacial score (nSPS) is 17.9. The van der Waals surface area contributed by atoms with Gasteiger partial charge in [-0.05, 0) is 37.2 Å². The molecule has 4 aromatic rings. The summed E-state index contributed by atoms with van der Waals surface area (Å²) < 4.78 is 28.2. The summed E-state index contributed by atoms with van der Waals surface area (Å²) in [5.41, 5.74) is 4.16. The average Bonchev–Trinajstić information content (AvgIpc) is 3.65. The monoisotopic (exact) mass is 614 g/mol. The third-order valence-corrected chi connectivity index (χ3v) is 10.6. The molecule has 0 bridgehead atoms. The number of aliphatic hydroxyl groups is 1. The van der Waals surface area contributed by atoms with Crippen LogP contribution in [0, 0.1) is 17.3 Å². The van der Waals surface area contributed by atoms with Crippen molar-refractivity contribution in [2.24, 2.45) is 5.41 Å². The lowest BCUT2D eigenvalue weighted by Gasteiger charge is -2.39. The molecule has 1 saturated carbocycles. The second-order valence-electron chi connectivity index (χ2n) is 11.9. The van der Waals surface area contributed by atoms with Crippen LogP contribution in [0.2, 0.25) is 0 Å². The fourth-order valence-corrected chi connectivity index (χ4v) is 6.99. The molecule has 14 heteroatoms. The zero-order valence-electron chi connectivity index (χ0n) is 24.4. The smallest absolute Gasteiger partial charge is 0.256 e. The van der Waals surface area contributed by atoms with Crippen molar-refractivity contribution in [2.45, 2.75) is 50.9 Å². The molecule has 2 fully saturated rings. The van der Waals surface area contributed by atoms with Gasteiger partial charge in [0.25, 0.3) is 10.0 Å². The maximum absolute atomic E-state index is 12.6. The quantitative estimate of drug-likeness (QED) is 0.262. The second kappa shape index (κ2) is 11.3. The van der Waals surface area contributed by atoms with Crippen LogP contribution in [0.25, 0.3) is 11.4 Å². The van der Waals surface area contributed by atoms with E-state index in [1.54, 1.807) is 18.5 Å². The maximum Gasteiger partial charge on any atom is 0.256 e. The van der Waals surface area contributed by atoms with Gasteiger partial charge in [0, 0.05) is 51.2 Å². The number of pyridine rings is 1. The number of nitrogens with zero attached hydrogens (tertiary/aromatic N) is 8. The van der Waals surface area contributed by atoms with Gasteiger partial charge in [-0.3, -0.25) is 4.68 Å². The van der Waals surface area contributed by atoms with Crippen LogP contribution < -0.4 is 15.5 Å². The summed E-state index contributed by atoms with van der Waals surface area (Å²) in [5, 5.41) is 24.8. The molecule has 0 amide bonds. The average molecular weight is 615 g/mol. The molecule has 4 aromatic heterocycles. The highest BCUT2D eigenvalue weighted by atomic mass is 32.2. The Morgan fingerprint density at radius 2 is 1.89 bits per heavy atom. The second-order valence-corrected chi connectivity index (χ2v) is 14.0. The Morgan fingerprint density at radius 1 is 1.07 bits per heavy atom. The summed E-state index contributed by atoms with van der Waals surface area (Å²) in [7, 11) is -3.48. The molecule has 7 rings (SSSR count). The van der Waals surface area contributed by atoms with E-state index in [0.717, 1.165) is 72.2 Å². The molecule has 3 N–H and O–H groups in total. The Labute approximate surface area is 255 Å². The van der Waals surface area contributed by atoms with Gasteiger partial charge in [0.1, 0.15) is 11.6 Å². The van der Waals surface area contributed by atoms with Crippen molar-refractivity contribution in [3.05, 3.63) is 59.9 Å². The van der Waals surface area contributed by atoms with E-state index in [2.05, 4.69) is 59.4 Å². The number of aliphatic hydroxyl groups excluding tert-OH is 1. The number of piperidine rings is 1. The molecule has 44 heavy (non-hydrogen) atoms. The lowest BCUT2D eigenvalue weighted by molar-refractivity contribution is 0.115. The lowest BCUT2D eigenvalue weighted by Crippen LogP contribution is -2.40. The van der Waals surface area contributed by atoms with Crippen molar-refractivity contribution in [1.82, 2.24) is 39.2 Å². The standard InChI is InChI=1S/C30H34N10O3S/c1-30(20-41)7-11-38(12-8-30)25-14-28(33-15-21(25)2-3-22-16-34-39-13-10-31-18-26(22)39)36-27-6-9-32-29(37-27)23-17-35-40(19-23)44(42,43)24-4-5-24/h6,9,14-17,19,24,31,41H,4-5,7-8,10-13,18,20H2,1H3,(H,32,33,36,37). The molecule has 3 aliphatic rings. The minimum atomic E-state index is -3.48. The SMILES string of the molecule is CC1(CO)CCN(c2cc(Nc3ccnc(-c4cnn(S(=O)(=O)C5CC5)c4)n3)ncc2C#Cc2cnn3c2CNCC3)CC1. The molecule has 0 aromatic carbocycles. The first kappa shape index (κ1) is 28.5. The predicted octanol–water partition coefficient (Wildman–Crippen LogP) is 2.12. The third-order valence-electron chi connectivity index (χ3n) is 8.58. The van der Waals surface area contributed by atoms with Gasteiger partial charge in [0.15, 0.2) is 5.82 Å². The van der Waals surface area contributed by atoms with Gasteiger partial charge in [-0.1, -0.05) is 18.8 Å². The molecular weight excluding hydrogens is 580 g/mol. The Hall–Kier alpha value is -4.32. The fraction of sp³-hybridized carbons (Fsp3) is 0.433. The first-order valence-corrected chi connectivity index (χ1v) is 16.3. The molecule has 0 radical (unpaired) electrons. The van der Waals surface area contributed by atoms with Crippen LogP contribution in [0.4, 0.5) is 17.3 Å². The maximum atomic E-state index is 12.6. The first-order valence-electron chi connectivity index (χ1n) is 14.8. The van der Waals surface area contributed by atoms with E-state index in [4.69, 9.17) is 0 Å². The number of aromatic nitrogens is 7. The molecule has 2 aliphatic heterocycles. The molecule has 0 unspecified atom stereocenters. The minimum absolute atomic E-state index is 0.0934. The third kappa shape index (κ3) is 5.66. The number of rotatable bonds is 7. The summed E-state index contributed by atoms with van der Waals surface area (Å²) in [6.07, 6.45) is 11.2. The van der Waals surface area contributed by atoms with E-state index in [1.165, 1.54) is 12.4 Å². The molecular formula is C30H34N10O3S. The van der Waals surface area contributed by atoms with Crippen molar-refractivity contribution < 1.29 is 13.5 Å². The zero-order valence-corrected chi connectivity index (χ0v) is 25.3. The van der Waals surface area contributed by atoms with Crippen LogP contribution in [0.1, 0.15) is 49.4 Å². The Bertz CT molecular complexity index is 1860. The van der Waals surface area contributed by atoms with Crippen LogP contribution >= 0.6 is 0 Å². The number of hydrogen-bond acceptors (Lipinski definition) is 11. The van der Waals surface area contributed by atoms with Gasteiger partial charge in [-0.2, -0.15) is 14.3 Å². The van der Waals surface area contributed by atoms with Crippen molar-refractivity contribution in [1.29, 1.82) is 0 Å². The van der Waals surface area contributed by atoms with Gasteiger partial charge in [0.2, 0.25) is 0 Å². The van der Waals surface area contributed by atoms with Gasteiger partial charge in [-0.15, -0.1) is 0 Å². The highest BCUT2D eigenvalue weighted by Gasteiger charge is 2.37. The summed E-state index contributed by atoms with van der Waals surface area (Å²) in [5.74, 6) is 8.12. The van der Waals surface area contributed by atoms with Gasteiger partial charge < -0.3 is 20.6 Å². The lowest BCUT2D eigenvalue weighted by atomic mass is 9.81. The van der Waals surface area contributed by atoms with E-state index in [-0.39, 0.29) is 17.3 Å². The highest BCUT2D eigenvalue weighted by molar-refractivity contribution is 7.90. The number of fused-ring (bicyclic) bond motifs is 1. The summed E-state index contributed by atoms with van der Waals surface area (Å²) in [6, 6.07) is 3.71. The molecule has 6 heterocycles. The molecule has 1 aliphatic carbocycles. The van der Waals surface area contributed by atoms with E-state index in [0.29, 0.717) is 35.9 Å². The van der Waals surface area contributed by atoms with Crippen LogP contribution in [0.5, 0.6) is 0 Å². The first-order chi connectivity index (χ1) is 21.3. The largest absolute Gasteiger partial charge is 0.396 e. The van der Waals surface area contributed by atoms with Crippen LogP contribution in [-0.4, -0.2) is 78.9 Å². The van der Waals surface area contributed by atoms with Crippen LogP contribution in [0.15, 0.2) is 43.1 Å². The Kier molecular flexibility index (Phi) is 7.31. The van der Waals surface area contributed by atoms with Gasteiger partial charge >= 0.3 is 0 Å². The number of anilines is 3. The zero-order chi connectivity index (χ0) is 30.3. The van der Waals surface area contributed by atoms with Crippen LogP contribution in [-0.2, 0) is 23.1 Å². The van der Waals surface area contributed by atoms with Crippen molar-refractivity contribution in [2.75, 3.05) is 36.5 Å². The Balaban J connectivity index is 1.16. The molecule has 1 saturated heterocycles. The highest BCUT2D eigenvalue weighted by Crippen LogP contribution is 2.35. The van der Waals surface area contributed by atoms with Crippen LogP contribution in [0.3, 0.4) is 0 Å². The predicted molar refractivity (Wildman–Crippen MR) is 165 cm³/mol. The van der Waals surface area contributed by atoms with E-state index < -0.39 is 10.0 Å². The topological polar surface area (TPSA) is 156 Å². The van der Waals surface area contributed by atoms with Gasteiger partial charge in [0.05, 0.1) is 58.5 Å². The van der Waals surface area contributed by atoms with Crippen molar-refractivity contribution in [3.8, 4) is 23.2 Å². The van der Waals surface area contributed by atoms with E-state index in [1.807, 2.05) is 16.9 Å².